The first kappa shape index (κ1) is 16.3. The Morgan fingerprint density at radius 3 is 2.81 bits per heavy atom. The van der Waals surface area contributed by atoms with Crippen molar-refractivity contribution in [2.45, 2.75) is 5.75 Å². The molecule has 0 aliphatic rings. The van der Waals surface area contributed by atoms with Gasteiger partial charge in [-0.25, -0.2) is 4.79 Å². The lowest BCUT2D eigenvalue weighted by molar-refractivity contribution is -0.113. The molecule has 0 spiro atoms. The van der Waals surface area contributed by atoms with Crippen molar-refractivity contribution in [3.63, 3.8) is 0 Å². The first-order chi connectivity index (χ1) is 10.1. The Balaban J connectivity index is 1.92. The molecule has 1 amide bonds. The Labute approximate surface area is 144 Å². The Morgan fingerprint density at radius 1 is 1.33 bits per heavy atom. The van der Waals surface area contributed by atoms with Gasteiger partial charge in [-0.15, -0.1) is 23.1 Å². The second-order valence-corrected chi connectivity index (χ2v) is 7.38. The lowest BCUT2D eigenvalue weighted by Gasteiger charge is -2.08. The van der Waals surface area contributed by atoms with Crippen molar-refractivity contribution in [2.24, 2.45) is 0 Å². The molecular formula is C14H12INO3S2. The molecule has 0 fully saturated rings. The quantitative estimate of drug-likeness (QED) is 0.678. The summed E-state index contributed by atoms with van der Waals surface area (Å²) in [5.41, 5.74) is 0.447. The molecule has 110 valence electrons. The van der Waals surface area contributed by atoms with Crippen LogP contribution in [-0.2, 0) is 10.5 Å². The van der Waals surface area contributed by atoms with Crippen molar-refractivity contribution in [1.82, 2.24) is 0 Å². The minimum Gasteiger partial charge on any atom is -0.478 e. The number of nitrogens with one attached hydrogen (secondary N) is 1. The van der Waals surface area contributed by atoms with Gasteiger partial charge in [-0.1, -0.05) is 6.07 Å². The molecule has 2 rings (SSSR count). The number of carboxylic acid groups (broad SMARTS) is 1. The fourth-order valence-electron chi connectivity index (χ4n) is 1.63. The second-order valence-electron chi connectivity index (χ2n) is 4.12. The number of aromatic carboxylic acids is 1. The van der Waals surface area contributed by atoms with E-state index in [9.17, 15) is 9.59 Å². The van der Waals surface area contributed by atoms with Crippen molar-refractivity contribution in [2.75, 3.05) is 11.1 Å². The van der Waals surface area contributed by atoms with Crippen LogP contribution in [0.4, 0.5) is 5.69 Å². The van der Waals surface area contributed by atoms with E-state index >= 15 is 0 Å². The standard InChI is InChI=1S/C14H12INO3S2/c15-9-3-4-12(11(6-9)14(18)19)16-13(17)8-20-7-10-2-1-5-21-10/h1-6H,7-8H2,(H,16,17)(H,18,19). The number of amides is 1. The molecule has 2 aromatic rings. The van der Waals surface area contributed by atoms with E-state index in [-0.39, 0.29) is 11.5 Å². The maximum atomic E-state index is 11.9. The number of thioether (sulfide) groups is 1. The van der Waals surface area contributed by atoms with Gasteiger partial charge >= 0.3 is 5.97 Å². The molecule has 0 aliphatic heterocycles. The Morgan fingerprint density at radius 2 is 2.14 bits per heavy atom. The summed E-state index contributed by atoms with van der Waals surface area (Å²) in [6.45, 7) is 0. The third-order valence-corrected chi connectivity index (χ3v) is 5.26. The highest BCUT2D eigenvalue weighted by atomic mass is 127. The maximum absolute atomic E-state index is 11.9. The lowest BCUT2D eigenvalue weighted by atomic mass is 10.2. The number of hydrogen-bond acceptors (Lipinski definition) is 4. The SMILES string of the molecule is O=C(CSCc1cccs1)Nc1ccc(I)cc1C(=O)O. The fourth-order valence-corrected chi connectivity index (χ4v) is 3.79. The number of halogens is 1. The summed E-state index contributed by atoms with van der Waals surface area (Å²) >= 11 is 5.20. The van der Waals surface area contributed by atoms with E-state index in [2.05, 4.69) is 5.32 Å². The molecule has 1 aromatic carbocycles. The van der Waals surface area contributed by atoms with Crippen molar-refractivity contribution < 1.29 is 14.7 Å². The maximum Gasteiger partial charge on any atom is 0.337 e. The highest BCUT2D eigenvalue weighted by Crippen LogP contribution is 2.20. The van der Waals surface area contributed by atoms with Crippen LogP contribution in [0.15, 0.2) is 35.7 Å². The van der Waals surface area contributed by atoms with E-state index in [1.54, 1.807) is 23.5 Å². The van der Waals surface area contributed by atoms with Crippen molar-refractivity contribution in [3.05, 3.63) is 49.7 Å². The topological polar surface area (TPSA) is 66.4 Å². The number of thiophene rings is 1. The van der Waals surface area contributed by atoms with Gasteiger partial charge in [0, 0.05) is 14.2 Å². The molecule has 1 aromatic heterocycles. The number of benzene rings is 1. The zero-order valence-electron chi connectivity index (χ0n) is 10.8. The molecule has 0 saturated heterocycles. The highest BCUT2D eigenvalue weighted by Gasteiger charge is 2.13. The van der Waals surface area contributed by atoms with Gasteiger partial charge in [0.15, 0.2) is 0 Å². The third-order valence-electron chi connectivity index (χ3n) is 2.54. The minimum absolute atomic E-state index is 0.110. The zero-order chi connectivity index (χ0) is 15.2. The van der Waals surface area contributed by atoms with E-state index in [1.165, 1.54) is 22.7 Å². The smallest absolute Gasteiger partial charge is 0.337 e. The largest absolute Gasteiger partial charge is 0.478 e. The fraction of sp³-hybridized carbons (Fsp3) is 0.143. The van der Waals surface area contributed by atoms with Crippen LogP contribution in [0, 0.1) is 3.57 Å². The molecule has 0 saturated carbocycles. The van der Waals surface area contributed by atoms with Crippen LogP contribution >= 0.6 is 45.7 Å². The summed E-state index contributed by atoms with van der Waals surface area (Å²) in [6, 6.07) is 8.92. The minimum atomic E-state index is -1.05. The van der Waals surface area contributed by atoms with E-state index in [0.717, 1.165) is 9.32 Å². The number of anilines is 1. The first-order valence-electron chi connectivity index (χ1n) is 5.99. The van der Waals surface area contributed by atoms with Crippen LogP contribution in [-0.4, -0.2) is 22.7 Å². The predicted molar refractivity (Wildman–Crippen MR) is 95.2 cm³/mol. The van der Waals surface area contributed by atoms with Gasteiger partial charge in [-0.3, -0.25) is 4.79 Å². The van der Waals surface area contributed by atoms with Crippen molar-refractivity contribution in [1.29, 1.82) is 0 Å². The summed E-state index contributed by atoms with van der Waals surface area (Å²) in [4.78, 5) is 24.3. The van der Waals surface area contributed by atoms with Gasteiger partial charge in [-0.05, 0) is 52.2 Å². The first-order valence-corrected chi connectivity index (χ1v) is 9.10. The Kier molecular flexibility index (Phi) is 6.07. The molecule has 21 heavy (non-hydrogen) atoms. The number of carbonyl (C=O) groups is 2. The van der Waals surface area contributed by atoms with Crippen LogP contribution in [0.1, 0.15) is 15.2 Å². The third kappa shape index (κ3) is 5.01. The van der Waals surface area contributed by atoms with E-state index < -0.39 is 5.97 Å². The summed E-state index contributed by atoms with van der Waals surface area (Å²) in [7, 11) is 0. The normalized spacial score (nSPS) is 10.3. The van der Waals surface area contributed by atoms with Gasteiger partial charge in [0.25, 0.3) is 0 Å². The molecule has 7 heteroatoms. The summed E-state index contributed by atoms with van der Waals surface area (Å²) < 4.78 is 0.815. The number of carbonyl (C=O) groups excluding carboxylic acids is 1. The van der Waals surface area contributed by atoms with Crippen LogP contribution in [0.25, 0.3) is 0 Å². The predicted octanol–water partition coefficient (Wildman–Crippen LogP) is 3.92. The number of carboxylic acids is 1. The molecule has 2 N–H and O–H groups in total. The van der Waals surface area contributed by atoms with Gasteiger partial charge < -0.3 is 10.4 Å². The average molecular weight is 433 g/mol. The molecule has 0 unspecified atom stereocenters. The molecule has 4 nitrogen and oxygen atoms in total. The molecule has 1 heterocycles. The van der Waals surface area contributed by atoms with E-state index in [1.807, 2.05) is 40.1 Å². The van der Waals surface area contributed by atoms with Crippen LogP contribution in [0.3, 0.4) is 0 Å². The molecule has 0 aliphatic carbocycles. The molecule has 0 atom stereocenters. The van der Waals surface area contributed by atoms with Crippen LogP contribution < -0.4 is 5.32 Å². The Hall–Kier alpha value is -1.06. The average Bonchev–Trinajstić information content (AvgIpc) is 2.94. The van der Waals surface area contributed by atoms with Crippen LogP contribution in [0.2, 0.25) is 0 Å². The monoisotopic (exact) mass is 433 g/mol. The Bertz CT molecular complexity index is 644. The van der Waals surface area contributed by atoms with Crippen LogP contribution in [0.5, 0.6) is 0 Å². The second kappa shape index (κ2) is 7.81. The van der Waals surface area contributed by atoms with Gasteiger partial charge in [0.1, 0.15) is 0 Å². The van der Waals surface area contributed by atoms with Crippen molar-refractivity contribution >= 4 is 63.3 Å². The summed E-state index contributed by atoms with van der Waals surface area (Å²) in [5, 5.41) is 13.8. The lowest BCUT2D eigenvalue weighted by Crippen LogP contribution is -2.16. The van der Waals surface area contributed by atoms with Crippen molar-refractivity contribution in [3.8, 4) is 0 Å². The summed E-state index contributed by atoms with van der Waals surface area (Å²) in [6.07, 6.45) is 0. The molecule has 0 bridgehead atoms. The molecule has 0 radical (unpaired) electrons. The summed E-state index contributed by atoms with van der Waals surface area (Å²) in [5.74, 6) is -0.165. The van der Waals surface area contributed by atoms with Gasteiger partial charge in [0.05, 0.1) is 17.0 Å². The molecular weight excluding hydrogens is 421 g/mol. The zero-order valence-corrected chi connectivity index (χ0v) is 14.6. The highest BCUT2D eigenvalue weighted by molar-refractivity contribution is 14.1. The number of hydrogen-bond donors (Lipinski definition) is 2. The number of rotatable bonds is 6. The van der Waals surface area contributed by atoms with Gasteiger partial charge in [-0.2, -0.15) is 0 Å². The van der Waals surface area contributed by atoms with Gasteiger partial charge in [0.2, 0.25) is 5.91 Å². The van der Waals surface area contributed by atoms with E-state index in [0.29, 0.717) is 11.4 Å². The van der Waals surface area contributed by atoms with E-state index in [4.69, 9.17) is 5.11 Å².